The van der Waals surface area contributed by atoms with Gasteiger partial charge in [0.1, 0.15) is 6.61 Å². The minimum Gasteiger partial charge on any atom is -0.493 e. The van der Waals surface area contributed by atoms with E-state index in [1.54, 1.807) is 51.3 Å². The Kier molecular flexibility index (Phi) is 8.64. The first-order valence-corrected chi connectivity index (χ1v) is 15.8. The average molecular weight is 736 g/mol. The van der Waals surface area contributed by atoms with Crippen molar-refractivity contribution in [1.29, 1.82) is 5.26 Å². The topological polar surface area (TPSA) is 121 Å². The SMILES string of the molecule is CCOC(=O)C1=C(C)N=c2s/c(=C/c3cc(I)c(OCc4ccccc4C#N)c(OC)c3)c(=O)n2[C@@H]1c1ccc2c(c1)OCO2. The number of fused-ring (bicyclic) bond motifs is 2. The van der Waals surface area contributed by atoms with E-state index in [1.165, 1.54) is 15.9 Å². The molecule has 0 saturated heterocycles. The Hall–Kier alpha value is -4.61. The number of carbonyl (C=O) groups excluding carboxylic acids is 1. The van der Waals surface area contributed by atoms with Crippen LogP contribution < -0.4 is 33.8 Å². The van der Waals surface area contributed by atoms with Gasteiger partial charge >= 0.3 is 5.97 Å². The molecule has 0 fully saturated rings. The number of ether oxygens (including phenoxy) is 5. The molecule has 2 aliphatic rings. The van der Waals surface area contributed by atoms with Gasteiger partial charge in [0.25, 0.3) is 5.56 Å². The fourth-order valence-electron chi connectivity index (χ4n) is 5.21. The van der Waals surface area contributed by atoms with Crippen LogP contribution in [0.2, 0.25) is 0 Å². The molecule has 3 aromatic carbocycles. The summed E-state index contributed by atoms with van der Waals surface area (Å²) in [6, 6.07) is 17.7. The fraction of sp³-hybridized carbons (Fsp3) is 0.212. The predicted octanol–water partition coefficient (Wildman–Crippen LogP) is 4.59. The summed E-state index contributed by atoms with van der Waals surface area (Å²) >= 11 is 3.39. The summed E-state index contributed by atoms with van der Waals surface area (Å²) < 4.78 is 30.9. The van der Waals surface area contributed by atoms with E-state index < -0.39 is 12.0 Å². The Morgan fingerprint density at radius 2 is 2.00 bits per heavy atom. The van der Waals surface area contributed by atoms with Gasteiger partial charge in [-0.05, 0) is 84.0 Å². The Bertz CT molecular complexity index is 2090. The molecule has 4 aromatic rings. The molecule has 10 nitrogen and oxygen atoms in total. The van der Waals surface area contributed by atoms with Gasteiger partial charge in [-0.1, -0.05) is 35.6 Å². The van der Waals surface area contributed by atoms with Gasteiger partial charge < -0.3 is 23.7 Å². The lowest BCUT2D eigenvalue weighted by atomic mass is 9.95. The Morgan fingerprint density at radius 3 is 2.78 bits per heavy atom. The Balaban J connectivity index is 1.42. The quantitative estimate of drug-likeness (QED) is 0.191. The molecular formula is C33H26IN3O7S. The zero-order valence-corrected chi connectivity index (χ0v) is 27.4. The first-order valence-electron chi connectivity index (χ1n) is 13.9. The lowest BCUT2D eigenvalue weighted by molar-refractivity contribution is -0.139. The normalized spacial score (nSPS) is 15.3. The van der Waals surface area contributed by atoms with Crippen molar-refractivity contribution in [3.8, 4) is 29.1 Å². The number of rotatable bonds is 8. The number of thiazole rings is 1. The number of methoxy groups -OCH3 is 1. The molecule has 45 heavy (non-hydrogen) atoms. The van der Waals surface area contributed by atoms with Crippen molar-refractivity contribution >= 4 is 46.0 Å². The van der Waals surface area contributed by atoms with Crippen LogP contribution in [0, 0.1) is 14.9 Å². The molecule has 0 saturated carbocycles. The summed E-state index contributed by atoms with van der Waals surface area (Å²) in [7, 11) is 1.55. The van der Waals surface area contributed by atoms with Gasteiger partial charge in [-0.25, -0.2) is 9.79 Å². The minimum absolute atomic E-state index is 0.0976. The molecule has 6 rings (SSSR count). The van der Waals surface area contributed by atoms with E-state index in [1.807, 2.05) is 30.3 Å². The number of nitrogens with zero attached hydrogens (tertiary/aromatic N) is 3. The summed E-state index contributed by atoms with van der Waals surface area (Å²) in [5.41, 5.74) is 3.13. The maximum atomic E-state index is 14.1. The minimum atomic E-state index is -0.779. The van der Waals surface area contributed by atoms with E-state index in [2.05, 4.69) is 33.7 Å². The molecule has 3 heterocycles. The van der Waals surface area contributed by atoms with Crippen molar-refractivity contribution in [1.82, 2.24) is 4.57 Å². The van der Waals surface area contributed by atoms with Crippen molar-refractivity contribution in [3.05, 3.63) is 111 Å². The lowest BCUT2D eigenvalue weighted by Gasteiger charge is -2.24. The van der Waals surface area contributed by atoms with Crippen LogP contribution in [0.3, 0.4) is 0 Å². The second-order valence-corrected chi connectivity index (χ2v) is 12.2. The van der Waals surface area contributed by atoms with Crippen molar-refractivity contribution in [3.63, 3.8) is 0 Å². The highest BCUT2D eigenvalue weighted by molar-refractivity contribution is 14.1. The largest absolute Gasteiger partial charge is 0.493 e. The van der Waals surface area contributed by atoms with E-state index in [4.69, 9.17) is 23.7 Å². The molecule has 12 heteroatoms. The van der Waals surface area contributed by atoms with E-state index in [0.29, 0.717) is 54.7 Å². The third kappa shape index (κ3) is 5.81. The maximum Gasteiger partial charge on any atom is 0.338 e. The van der Waals surface area contributed by atoms with Gasteiger partial charge in [0.2, 0.25) is 6.79 Å². The molecule has 228 valence electrons. The van der Waals surface area contributed by atoms with Gasteiger partial charge in [-0.2, -0.15) is 5.26 Å². The van der Waals surface area contributed by atoms with Gasteiger partial charge in [0.15, 0.2) is 27.8 Å². The smallest absolute Gasteiger partial charge is 0.338 e. The second-order valence-electron chi connectivity index (χ2n) is 10.0. The van der Waals surface area contributed by atoms with E-state index in [9.17, 15) is 14.9 Å². The van der Waals surface area contributed by atoms with Gasteiger partial charge in [0.05, 0.1) is 50.8 Å². The van der Waals surface area contributed by atoms with Crippen LogP contribution in [-0.4, -0.2) is 31.0 Å². The number of halogens is 1. The summed E-state index contributed by atoms with van der Waals surface area (Å²) in [6.07, 6.45) is 1.77. The number of hydrogen-bond acceptors (Lipinski definition) is 10. The van der Waals surface area contributed by atoms with Gasteiger partial charge in [-0.3, -0.25) is 9.36 Å². The van der Waals surface area contributed by atoms with E-state index >= 15 is 0 Å². The first-order chi connectivity index (χ1) is 21.8. The molecule has 1 atom stereocenters. The summed E-state index contributed by atoms with van der Waals surface area (Å²) in [4.78, 5) is 32.4. The van der Waals surface area contributed by atoms with Crippen LogP contribution >= 0.6 is 33.9 Å². The zero-order chi connectivity index (χ0) is 31.7. The standard InChI is InChI=1S/C33H26IN3O7S/c1-4-41-32(39)28-18(2)36-33-37(29(28)20-9-10-24-25(14-20)44-17-43-24)31(38)27(45-33)13-19-11-23(34)30(26(12-19)40-3)42-16-22-8-6-5-7-21(22)15-35/h5-14,29H,4,16-17H2,1-3H3/b27-13+/t29-/m1/s1. The van der Waals surface area contributed by atoms with Gasteiger partial charge in [0, 0.05) is 5.56 Å². The molecule has 1 aromatic heterocycles. The monoisotopic (exact) mass is 735 g/mol. The van der Waals surface area contributed by atoms with Crippen LogP contribution in [0.4, 0.5) is 0 Å². The van der Waals surface area contributed by atoms with Crippen LogP contribution in [-0.2, 0) is 16.1 Å². The zero-order valence-electron chi connectivity index (χ0n) is 24.5. The molecule has 0 unspecified atom stereocenters. The molecular weight excluding hydrogens is 709 g/mol. The predicted molar refractivity (Wildman–Crippen MR) is 174 cm³/mol. The first kappa shape index (κ1) is 30.4. The third-order valence-electron chi connectivity index (χ3n) is 7.29. The molecule has 0 radical (unpaired) electrons. The Morgan fingerprint density at radius 1 is 1.20 bits per heavy atom. The number of allylic oxidation sites excluding steroid dienone is 1. The summed E-state index contributed by atoms with van der Waals surface area (Å²) in [5, 5.41) is 9.42. The van der Waals surface area contributed by atoms with Crippen LogP contribution in [0.15, 0.2) is 75.7 Å². The average Bonchev–Trinajstić information content (AvgIpc) is 3.63. The van der Waals surface area contributed by atoms with Crippen LogP contribution in [0.1, 0.15) is 42.1 Å². The summed E-state index contributed by atoms with van der Waals surface area (Å²) in [5.74, 6) is 1.60. The number of aromatic nitrogens is 1. The van der Waals surface area contributed by atoms with Gasteiger partial charge in [-0.15, -0.1) is 0 Å². The second kappa shape index (κ2) is 12.8. The molecule has 0 N–H and O–H groups in total. The lowest BCUT2D eigenvalue weighted by Crippen LogP contribution is -2.39. The fourth-order valence-corrected chi connectivity index (χ4v) is 7.04. The number of hydrogen-bond donors (Lipinski definition) is 0. The number of benzene rings is 3. The van der Waals surface area contributed by atoms with Crippen molar-refractivity contribution in [2.75, 3.05) is 20.5 Å². The van der Waals surface area contributed by atoms with Crippen molar-refractivity contribution < 1.29 is 28.5 Å². The maximum absolute atomic E-state index is 14.1. The van der Waals surface area contributed by atoms with Crippen molar-refractivity contribution in [2.45, 2.75) is 26.5 Å². The van der Waals surface area contributed by atoms with E-state index in [0.717, 1.165) is 9.13 Å². The summed E-state index contributed by atoms with van der Waals surface area (Å²) in [6.45, 7) is 3.94. The van der Waals surface area contributed by atoms with Crippen LogP contribution in [0.25, 0.3) is 6.08 Å². The Labute approximate surface area is 275 Å². The molecule has 2 aliphatic heterocycles. The molecule has 0 spiro atoms. The molecule has 0 aliphatic carbocycles. The number of esters is 1. The number of carbonyl (C=O) groups is 1. The highest BCUT2D eigenvalue weighted by Crippen LogP contribution is 2.38. The third-order valence-corrected chi connectivity index (χ3v) is 9.07. The number of nitriles is 1. The molecule has 0 bridgehead atoms. The highest BCUT2D eigenvalue weighted by atomic mass is 127. The van der Waals surface area contributed by atoms with Crippen molar-refractivity contribution in [2.24, 2.45) is 4.99 Å². The highest BCUT2D eigenvalue weighted by Gasteiger charge is 2.34. The van der Waals surface area contributed by atoms with Crippen LogP contribution in [0.5, 0.6) is 23.0 Å². The van der Waals surface area contributed by atoms with E-state index in [-0.39, 0.29) is 31.1 Å². The molecule has 0 amide bonds.